The zero-order valence-electron chi connectivity index (χ0n) is 12.5. The number of halogens is 1. The summed E-state index contributed by atoms with van der Waals surface area (Å²) in [5.74, 6) is 1.52. The van der Waals surface area contributed by atoms with E-state index in [1.807, 2.05) is 19.9 Å². The lowest BCUT2D eigenvalue weighted by atomic mass is 10.2. The minimum absolute atomic E-state index is 0.615. The molecule has 20 heavy (non-hydrogen) atoms. The van der Waals surface area contributed by atoms with Gasteiger partial charge in [0.05, 0.1) is 18.2 Å². The van der Waals surface area contributed by atoms with Crippen molar-refractivity contribution < 1.29 is 14.2 Å². The molecule has 1 aromatic carbocycles. The van der Waals surface area contributed by atoms with Crippen LogP contribution in [-0.2, 0) is 11.3 Å². The van der Waals surface area contributed by atoms with E-state index >= 15 is 0 Å². The number of hydrogen-bond donors (Lipinski definition) is 1. The van der Waals surface area contributed by atoms with E-state index in [0.29, 0.717) is 6.61 Å². The van der Waals surface area contributed by atoms with Crippen LogP contribution >= 0.6 is 15.9 Å². The maximum Gasteiger partial charge on any atom is 0.175 e. The average Bonchev–Trinajstić information content (AvgIpc) is 2.45. The van der Waals surface area contributed by atoms with Gasteiger partial charge >= 0.3 is 0 Å². The highest BCUT2D eigenvalue weighted by molar-refractivity contribution is 9.10. The summed E-state index contributed by atoms with van der Waals surface area (Å²) in [7, 11) is 1.66. The number of rotatable bonds is 10. The molecule has 0 aromatic heterocycles. The molecule has 1 N–H and O–H groups in total. The lowest BCUT2D eigenvalue weighted by Crippen LogP contribution is -2.16. The third-order valence-corrected chi connectivity index (χ3v) is 3.34. The predicted octanol–water partition coefficient (Wildman–Crippen LogP) is 3.37. The minimum Gasteiger partial charge on any atom is -0.493 e. The number of benzene rings is 1. The van der Waals surface area contributed by atoms with Crippen molar-refractivity contribution in [2.75, 3.05) is 33.5 Å². The summed E-state index contributed by atoms with van der Waals surface area (Å²) in [5, 5.41) is 3.39. The van der Waals surface area contributed by atoms with Crippen molar-refractivity contribution in [2.45, 2.75) is 26.8 Å². The van der Waals surface area contributed by atoms with Crippen LogP contribution in [0.1, 0.15) is 25.8 Å². The van der Waals surface area contributed by atoms with Crippen LogP contribution in [0.2, 0.25) is 0 Å². The van der Waals surface area contributed by atoms with Crippen LogP contribution < -0.4 is 14.8 Å². The predicted molar refractivity (Wildman–Crippen MR) is 84.7 cm³/mol. The Hall–Kier alpha value is -0.780. The van der Waals surface area contributed by atoms with Gasteiger partial charge in [0, 0.05) is 19.8 Å². The van der Waals surface area contributed by atoms with Gasteiger partial charge in [0.2, 0.25) is 0 Å². The average molecular weight is 346 g/mol. The molecule has 114 valence electrons. The summed E-state index contributed by atoms with van der Waals surface area (Å²) in [6.45, 7) is 7.91. The van der Waals surface area contributed by atoms with Gasteiger partial charge in [0.15, 0.2) is 11.5 Å². The monoisotopic (exact) mass is 345 g/mol. The standard InChI is InChI=1S/C15H24BrNO3/c1-4-19-8-6-7-17-11-12-9-13(16)15(20-5-2)14(10-12)18-3/h9-10,17H,4-8,11H2,1-3H3. The first-order chi connectivity index (χ1) is 9.72. The van der Waals surface area contributed by atoms with Gasteiger partial charge in [-0.3, -0.25) is 0 Å². The maximum atomic E-state index is 5.57. The third kappa shape index (κ3) is 5.69. The number of hydrogen-bond acceptors (Lipinski definition) is 4. The molecule has 0 amide bonds. The van der Waals surface area contributed by atoms with Crippen molar-refractivity contribution in [3.63, 3.8) is 0 Å². The normalized spacial score (nSPS) is 10.6. The Morgan fingerprint density at radius 3 is 2.65 bits per heavy atom. The maximum absolute atomic E-state index is 5.57. The van der Waals surface area contributed by atoms with Crippen LogP contribution in [-0.4, -0.2) is 33.5 Å². The summed E-state index contributed by atoms with van der Waals surface area (Å²) in [4.78, 5) is 0. The second-order valence-electron chi connectivity index (χ2n) is 4.27. The molecule has 0 atom stereocenters. The minimum atomic E-state index is 0.615. The van der Waals surface area contributed by atoms with Crippen molar-refractivity contribution in [1.29, 1.82) is 0 Å². The van der Waals surface area contributed by atoms with Crippen molar-refractivity contribution in [3.8, 4) is 11.5 Å². The molecule has 0 saturated heterocycles. The van der Waals surface area contributed by atoms with Crippen LogP contribution in [0.15, 0.2) is 16.6 Å². The fraction of sp³-hybridized carbons (Fsp3) is 0.600. The Morgan fingerprint density at radius 1 is 1.20 bits per heavy atom. The van der Waals surface area contributed by atoms with Crippen LogP contribution in [0.25, 0.3) is 0 Å². The first-order valence-corrected chi connectivity index (χ1v) is 7.79. The molecule has 0 radical (unpaired) electrons. The molecule has 0 bridgehead atoms. The lowest BCUT2D eigenvalue weighted by molar-refractivity contribution is 0.144. The van der Waals surface area contributed by atoms with Gasteiger partial charge in [0.25, 0.3) is 0 Å². The Labute approximate surface area is 129 Å². The number of methoxy groups -OCH3 is 1. The Balaban J connectivity index is 2.52. The SMILES string of the molecule is CCOCCCNCc1cc(Br)c(OCC)c(OC)c1. The third-order valence-electron chi connectivity index (χ3n) is 2.75. The van der Waals surface area contributed by atoms with Gasteiger partial charge in [-0.2, -0.15) is 0 Å². The highest BCUT2D eigenvalue weighted by Gasteiger charge is 2.10. The molecule has 0 aliphatic rings. The summed E-state index contributed by atoms with van der Waals surface area (Å²) >= 11 is 3.53. The van der Waals surface area contributed by atoms with Crippen molar-refractivity contribution in [2.24, 2.45) is 0 Å². The second-order valence-corrected chi connectivity index (χ2v) is 5.12. The molecule has 0 heterocycles. The molecule has 0 unspecified atom stereocenters. The van der Waals surface area contributed by atoms with E-state index in [4.69, 9.17) is 14.2 Å². The molecule has 1 aromatic rings. The number of ether oxygens (including phenoxy) is 3. The highest BCUT2D eigenvalue weighted by atomic mass is 79.9. The zero-order valence-corrected chi connectivity index (χ0v) is 14.1. The first-order valence-electron chi connectivity index (χ1n) is 7.00. The zero-order chi connectivity index (χ0) is 14.8. The largest absolute Gasteiger partial charge is 0.493 e. The van der Waals surface area contributed by atoms with Crippen LogP contribution in [0.5, 0.6) is 11.5 Å². The van der Waals surface area contributed by atoms with E-state index < -0.39 is 0 Å². The molecule has 0 spiro atoms. The Kier molecular flexibility index (Phi) is 8.65. The topological polar surface area (TPSA) is 39.7 Å². The lowest BCUT2D eigenvalue weighted by Gasteiger charge is -2.13. The fourth-order valence-corrected chi connectivity index (χ4v) is 2.44. The van der Waals surface area contributed by atoms with Gasteiger partial charge in [-0.15, -0.1) is 0 Å². The van der Waals surface area contributed by atoms with Gasteiger partial charge in [-0.05, 0) is 60.4 Å². The summed E-state index contributed by atoms with van der Waals surface area (Å²) in [6.07, 6.45) is 1.02. The van der Waals surface area contributed by atoms with Crippen molar-refractivity contribution >= 4 is 15.9 Å². The van der Waals surface area contributed by atoms with Gasteiger partial charge in [0.1, 0.15) is 0 Å². The molecular weight excluding hydrogens is 322 g/mol. The van der Waals surface area contributed by atoms with E-state index in [0.717, 1.165) is 54.3 Å². The van der Waals surface area contributed by atoms with E-state index in [2.05, 4.69) is 27.3 Å². The molecule has 4 nitrogen and oxygen atoms in total. The smallest absolute Gasteiger partial charge is 0.175 e. The molecular formula is C15H24BrNO3. The summed E-state index contributed by atoms with van der Waals surface area (Å²) < 4.78 is 17.2. The molecule has 5 heteroatoms. The van der Waals surface area contributed by atoms with Crippen molar-refractivity contribution in [3.05, 3.63) is 22.2 Å². The van der Waals surface area contributed by atoms with E-state index in [-0.39, 0.29) is 0 Å². The van der Waals surface area contributed by atoms with E-state index in [1.54, 1.807) is 7.11 Å². The quantitative estimate of drug-likeness (QED) is 0.660. The van der Waals surface area contributed by atoms with E-state index in [1.165, 1.54) is 0 Å². The van der Waals surface area contributed by atoms with Crippen molar-refractivity contribution in [1.82, 2.24) is 5.32 Å². The second kappa shape index (κ2) is 10.0. The first kappa shape index (κ1) is 17.3. The molecule has 0 fully saturated rings. The molecule has 0 saturated carbocycles. The Bertz CT molecular complexity index is 399. The van der Waals surface area contributed by atoms with Crippen LogP contribution in [0.4, 0.5) is 0 Å². The number of nitrogens with one attached hydrogen (secondary N) is 1. The van der Waals surface area contributed by atoms with Crippen LogP contribution in [0.3, 0.4) is 0 Å². The van der Waals surface area contributed by atoms with Gasteiger partial charge < -0.3 is 19.5 Å². The Morgan fingerprint density at radius 2 is 2.00 bits per heavy atom. The van der Waals surface area contributed by atoms with Crippen LogP contribution in [0, 0.1) is 0 Å². The summed E-state index contributed by atoms with van der Waals surface area (Å²) in [5.41, 5.74) is 1.16. The molecule has 0 aliphatic heterocycles. The van der Waals surface area contributed by atoms with E-state index in [9.17, 15) is 0 Å². The molecule has 0 aliphatic carbocycles. The van der Waals surface area contributed by atoms with Gasteiger partial charge in [-0.1, -0.05) is 0 Å². The summed E-state index contributed by atoms with van der Waals surface area (Å²) in [6, 6.07) is 4.06. The fourth-order valence-electron chi connectivity index (χ4n) is 1.84. The highest BCUT2D eigenvalue weighted by Crippen LogP contribution is 2.36. The van der Waals surface area contributed by atoms with Gasteiger partial charge in [-0.25, -0.2) is 0 Å². The molecule has 1 rings (SSSR count).